The Hall–Kier alpha value is -3.10. The number of amides is 3. The molecule has 9 heteroatoms. The van der Waals surface area contributed by atoms with Crippen LogP contribution in [-0.4, -0.2) is 41.4 Å². The third-order valence-corrected chi connectivity index (χ3v) is 3.59. The molecule has 0 aromatic heterocycles. The molecule has 0 saturated carbocycles. The Morgan fingerprint density at radius 2 is 2.04 bits per heavy atom. The molecule has 1 unspecified atom stereocenters. The zero-order valence-electron chi connectivity index (χ0n) is 13.7. The number of nitrogens with one attached hydrogen (secondary N) is 1. The van der Waals surface area contributed by atoms with E-state index >= 15 is 0 Å². The normalized spacial score (nSPS) is 16.0. The van der Waals surface area contributed by atoms with Crippen LogP contribution in [0.15, 0.2) is 18.2 Å². The molecule has 1 aliphatic heterocycles. The summed E-state index contributed by atoms with van der Waals surface area (Å²) in [5.41, 5.74) is 5.90. The molecule has 1 aromatic rings. The molecule has 0 spiro atoms. The maximum atomic E-state index is 12.4. The molecule has 4 N–H and O–H groups in total. The van der Waals surface area contributed by atoms with Crippen LogP contribution < -0.4 is 20.7 Å². The average molecular weight is 349 g/mol. The van der Waals surface area contributed by atoms with E-state index < -0.39 is 23.9 Å². The summed E-state index contributed by atoms with van der Waals surface area (Å²) in [5, 5.41) is 11.1. The molecule has 1 aliphatic rings. The molecular weight excluding hydrogens is 330 g/mol. The van der Waals surface area contributed by atoms with Crippen molar-refractivity contribution in [2.45, 2.75) is 32.3 Å². The van der Waals surface area contributed by atoms with Crippen LogP contribution in [0, 0.1) is 0 Å². The van der Waals surface area contributed by atoms with E-state index in [1.807, 2.05) is 0 Å². The highest BCUT2D eigenvalue weighted by atomic mass is 16.5. The Morgan fingerprint density at radius 3 is 2.64 bits per heavy atom. The van der Waals surface area contributed by atoms with E-state index in [2.05, 4.69) is 5.32 Å². The van der Waals surface area contributed by atoms with Gasteiger partial charge in [0.15, 0.2) is 6.10 Å². The van der Waals surface area contributed by atoms with Crippen molar-refractivity contribution in [3.05, 3.63) is 18.2 Å². The summed E-state index contributed by atoms with van der Waals surface area (Å²) < 4.78 is 5.61. The van der Waals surface area contributed by atoms with Gasteiger partial charge in [-0.15, -0.1) is 0 Å². The first-order valence-corrected chi connectivity index (χ1v) is 7.73. The second kappa shape index (κ2) is 7.65. The van der Waals surface area contributed by atoms with Crippen molar-refractivity contribution in [1.29, 1.82) is 0 Å². The highest BCUT2D eigenvalue weighted by Crippen LogP contribution is 2.36. The number of carboxylic acid groups (broad SMARTS) is 1. The molecular formula is C16H19N3O6. The van der Waals surface area contributed by atoms with Gasteiger partial charge in [0.2, 0.25) is 11.8 Å². The van der Waals surface area contributed by atoms with E-state index in [0.717, 1.165) is 0 Å². The fourth-order valence-corrected chi connectivity index (χ4v) is 2.42. The molecule has 0 saturated heterocycles. The Labute approximate surface area is 143 Å². The second-order valence-electron chi connectivity index (χ2n) is 5.53. The van der Waals surface area contributed by atoms with Crippen LogP contribution >= 0.6 is 0 Å². The first-order chi connectivity index (χ1) is 11.8. The van der Waals surface area contributed by atoms with E-state index in [1.54, 1.807) is 19.1 Å². The number of primary amides is 1. The van der Waals surface area contributed by atoms with Gasteiger partial charge in [0, 0.05) is 12.1 Å². The van der Waals surface area contributed by atoms with Crippen LogP contribution in [0.1, 0.15) is 26.2 Å². The van der Waals surface area contributed by atoms with E-state index in [1.165, 1.54) is 11.0 Å². The van der Waals surface area contributed by atoms with Crippen molar-refractivity contribution < 1.29 is 29.0 Å². The molecule has 9 nitrogen and oxygen atoms in total. The summed E-state index contributed by atoms with van der Waals surface area (Å²) in [7, 11) is 0. The van der Waals surface area contributed by atoms with Gasteiger partial charge >= 0.3 is 5.97 Å². The van der Waals surface area contributed by atoms with Crippen molar-refractivity contribution in [2.75, 3.05) is 16.8 Å². The topological polar surface area (TPSA) is 139 Å². The van der Waals surface area contributed by atoms with Crippen molar-refractivity contribution in [3.8, 4) is 5.75 Å². The summed E-state index contributed by atoms with van der Waals surface area (Å²) in [4.78, 5) is 47.2. The molecule has 0 fully saturated rings. The SMILES string of the molecule is CCC1Oc2ccc(NC(=O)CCC(=O)O)cc2N(CC(N)=O)C1=O. The zero-order valence-corrected chi connectivity index (χ0v) is 13.7. The van der Waals surface area contributed by atoms with E-state index in [4.69, 9.17) is 15.6 Å². The lowest BCUT2D eigenvalue weighted by molar-refractivity contribution is -0.138. The highest BCUT2D eigenvalue weighted by Gasteiger charge is 2.34. The van der Waals surface area contributed by atoms with E-state index in [-0.39, 0.29) is 25.3 Å². The van der Waals surface area contributed by atoms with Crippen LogP contribution in [0.3, 0.4) is 0 Å². The van der Waals surface area contributed by atoms with E-state index in [9.17, 15) is 19.2 Å². The van der Waals surface area contributed by atoms with Gasteiger partial charge in [-0.05, 0) is 24.6 Å². The number of fused-ring (bicyclic) bond motifs is 1. The van der Waals surface area contributed by atoms with Gasteiger partial charge in [-0.25, -0.2) is 0 Å². The van der Waals surface area contributed by atoms with Crippen LogP contribution in [0.5, 0.6) is 5.75 Å². The van der Waals surface area contributed by atoms with Gasteiger partial charge in [0.1, 0.15) is 12.3 Å². The minimum absolute atomic E-state index is 0.176. The Morgan fingerprint density at radius 1 is 1.32 bits per heavy atom. The Balaban J connectivity index is 2.25. The van der Waals surface area contributed by atoms with Gasteiger partial charge in [-0.3, -0.25) is 24.1 Å². The number of nitrogens with two attached hydrogens (primary N) is 1. The van der Waals surface area contributed by atoms with Gasteiger partial charge in [-0.1, -0.05) is 6.92 Å². The molecule has 1 heterocycles. The minimum Gasteiger partial charge on any atom is -0.481 e. The first-order valence-electron chi connectivity index (χ1n) is 7.73. The molecule has 0 radical (unpaired) electrons. The largest absolute Gasteiger partial charge is 0.481 e. The van der Waals surface area contributed by atoms with Gasteiger partial charge in [-0.2, -0.15) is 0 Å². The number of anilines is 2. The molecule has 2 rings (SSSR count). The van der Waals surface area contributed by atoms with Crippen molar-refractivity contribution in [1.82, 2.24) is 0 Å². The lowest BCUT2D eigenvalue weighted by Gasteiger charge is -2.33. The maximum Gasteiger partial charge on any atom is 0.303 e. The number of carbonyl (C=O) groups excluding carboxylic acids is 3. The molecule has 1 aromatic carbocycles. The van der Waals surface area contributed by atoms with Crippen LogP contribution in [0.2, 0.25) is 0 Å². The van der Waals surface area contributed by atoms with Gasteiger partial charge in [0.25, 0.3) is 5.91 Å². The molecule has 25 heavy (non-hydrogen) atoms. The predicted octanol–water partition coefficient (Wildman–Crippen LogP) is 0.479. The number of hydrogen-bond donors (Lipinski definition) is 3. The monoisotopic (exact) mass is 349 g/mol. The summed E-state index contributed by atoms with van der Waals surface area (Å²) in [6.07, 6.45) is -0.737. The maximum absolute atomic E-state index is 12.4. The van der Waals surface area contributed by atoms with Gasteiger partial charge < -0.3 is 20.9 Å². The molecule has 1 atom stereocenters. The number of carbonyl (C=O) groups is 4. The third kappa shape index (κ3) is 4.46. The lowest BCUT2D eigenvalue weighted by atomic mass is 10.1. The minimum atomic E-state index is -1.07. The van der Waals surface area contributed by atoms with Crippen molar-refractivity contribution in [2.24, 2.45) is 5.73 Å². The number of benzene rings is 1. The molecule has 0 aliphatic carbocycles. The number of ether oxygens (including phenoxy) is 1. The van der Waals surface area contributed by atoms with Crippen LogP contribution in [0.25, 0.3) is 0 Å². The summed E-state index contributed by atoms with van der Waals surface area (Å²) >= 11 is 0. The van der Waals surface area contributed by atoms with Crippen LogP contribution in [-0.2, 0) is 19.2 Å². The number of hydrogen-bond acceptors (Lipinski definition) is 5. The van der Waals surface area contributed by atoms with Crippen molar-refractivity contribution >= 4 is 35.1 Å². The summed E-state index contributed by atoms with van der Waals surface area (Å²) in [5.74, 6) is -2.21. The molecule has 0 bridgehead atoms. The fraction of sp³-hybridized carbons (Fsp3) is 0.375. The number of nitrogens with zero attached hydrogens (tertiary/aromatic N) is 1. The number of carboxylic acids is 1. The fourth-order valence-electron chi connectivity index (χ4n) is 2.42. The second-order valence-corrected chi connectivity index (χ2v) is 5.53. The van der Waals surface area contributed by atoms with Crippen molar-refractivity contribution in [3.63, 3.8) is 0 Å². The molecule has 3 amide bonds. The quantitative estimate of drug-likeness (QED) is 0.654. The number of rotatable bonds is 7. The predicted molar refractivity (Wildman–Crippen MR) is 88.2 cm³/mol. The zero-order chi connectivity index (χ0) is 18.6. The number of aliphatic carboxylic acids is 1. The standard InChI is InChI=1S/C16H19N3O6/c1-2-11-16(24)19(8-13(17)20)10-7-9(3-4-12(10)25-11)18-14(21)5-6-15(22)23/h3-4,7,11H,2,5-6,8H2,1H3,(H2,17,20)(H,18,21)(H,22,23). The smallest absolute Gasteiger partial charge is 0.303 e. The first kappa shape index (κ1) is 18.2. The summed E-state index contributed by atoms with van der Waals surface area (Å²) in [6.45, 7) is 1.48. The highest BCUT2D eigenvalue weighted by molar-refractivity contribution is 6.04. The van der Waals surface area contributed by atoms with Gasteiger partial charge in [0.05, 0.1) is 12.1 Å². The average Bonchev–Trinajstić information content (AvgIpc) is 2.55. The lowest BCUT2D eigenvalue weighted by Crippen LogP contribution is -2.48. The Kier molecular flexibility index (Phi) is 5.58. The van der Waals surface area contributed by atoms with E-state index in [0.29, 0.717) is 23.5 Å². The summed E-state index contributed by atoms with van der Waals surface area (Å²) in [6, 6.07) is 4.63. The molecule has 134 valence electrons. The third-order valence-electron chi connectivity index (χ3n) is 3.59. The Bertz CT molecular complexity index is 718. The van der Waals surface area contributed by atoms with Crippen LogP contribution in [0.4, 0.5) is 11.4 Å².